The number of carboxylic acids is 1. The zero-order valence-corrected chi connectivity index (χ0v) is 21.2. The van der Waals surface area contributed by atoms with Crippen molar-refractivity contribution < 1.29 is 14.7 Å². The van der Waals surface area contributed by atoms with Crippen molar-refractivity contribution in [1.82, 2.24) is 5.32 Å². The molecule has 0 bridgehead atoms. The average molecular weight is 510 g/mol. The Hall–Kier alpha value is -4.96. The summed E-state index contributed by atoms with van der Waals surface area (Å²) < 4.78 is 0. The Morgan fingerprint density at radius 2 is 0.923 bits per heavy atom. The van der Waals surface area contributed by atoms with E-state index in [-0.39, 0.29) is 5.91 Å². The summed E-state index contributed by atoms with van der Waals surface area (Å²) in [4.78, 5) is 27.8. The van der Waals surface area contributed by atoms with E-state index in [0.717, 1.165) is 38.9 Å². The highest BCUT2D eigenvalue weighted by Gasteiger charge is 2.47. The Labute approximate surface area is 227 Å². The fraction of sp³-hybridized carbons (Fsp3) is 0.0857. The minimum atomic E-state index is -1.27. The predicted octanol–water partition coefficient (Wildman–Crippen LogP) is 6.40. The van der Waals surface area contributed by atoms with Crippen LogP contribution in [0.5, 0.6) is 0 Å². The molecule has 4 nitrogen and oxygen atoms in total. The SMILES string of the molecule is O=C(O)[C@@H](NC(=O)C(c1ccccc1)(c1ccccc1)c1ccccc1)C1c2ccccc2-c2ccccc21. The van der Waals surface area contributed by atoms with Gasteiger partial charge in [-0.25, -0.2) is 4.79 Å². The van der Waals surface area contributed by atoms with Gasteiger partial charge in [0.25, 0.3) is 0 Å². The van der Waals surface area contributed by atoms with E-state index < -0.39 is 23.3 Å². The van der Waals surface area contributed by atoms with E-state index in [2.05, 4.69) is 5.32 Å². The molecule has 1 aliphatic carbocycles. The second kappa shape index (κ2) is 10.1. The van der Waals surface area contributed by atoms with E-state index in [1.54, 1.807) is 0 Å². The first kappa shape index (κ1) is 24.4. The van der Waals surface area contributed by atoms with Gasteiger partial charge in [0.05, 0.1) is 0 Å². The molecule has 2 N–H and O–H groups in total. The van der Waals surface area contributed by atoms with E-state index >= 15 is 0 Å². The summed E-state index contributed by atoms with van der Waals surface area (Å²) in [5.41, 5.74) is 4.81. The fourth-order valence-electron chi connectivity index (χ4n) is 6.05. The van der Waals surface area contributed by atoms with Crippen LogP contribution in [-0.2, 0) is 15.0 Å². The number of fused-ring (bicyclic) bond motifs is 3. The van der Waals surface area contributed by atoms with Gasteiger partial charge in [-0.15, -0.1) is 0 Å². The lowest BCUT2D eigenvalue weighted by atomic mass is 9.68. The van der Waals surface area contributed by atoms with Crippen molar-refractivity contribution in [3.05, 3.63) is 167 Å². The van der Waals surface area contributed by atoms with E-state index in [1.165, 1.54) is 0 Å². The molecule has 6 rings (SSSR count). The predicted molar refractivity (Wildman–Crippen MR) is 152 cm³/mol. The minimum absolute atomic E-state index is 0.389. The first-order chi connectivity index (χ1) is 19.1. The first-order valence-electron chi connectivity index (χ1n) is 13.0. The number of benzene rings is 5. The molecule has 39 heavy (non-hydrogen) atoms. The Balaban J connectivity index is 1.53. The van der Waals surface area contributed by atoms with Gasteiger partial charge in [0.2, 0.25) is 5.91 Å². The van der Waals surface area contributed by atoms with Crippen LogP contribution in [0.3, 0.4) is 0 Å². The van der Waals surface area contributed by atoms with E-state index in [1.807, 2.05) is 140 Å². The smallest absolute Gasteiger partial charge is 0.327 e. The molecule has 0 aromatic heterocycles. The van der Waals surface area contributed by atoms with Crippen LogP contribution in [0.25, 0.3) is 11.1 Å². The molecule has 5 aromatic rings. The molecule has 1 aliphatic rings. The van der Waals surface area contributed by atoms with Gasteiger partial charge in [0, 0.05) is 5.92 Å². The molecule has 0 fully saturated rings. The molecule has 0 radical (unpaired) electrons. The summed E-state index contributed by atoms with van der Waals surface area (Å²) in [7, 11) is 0. The van der Waals surface area contributed by atoms with Crippen molar-refractivity contribution in [1.29, 1.82) is 0 Å². The number of nitrogens with one attached hydrogen (secondary N) is 1. The fourth-order valence-corrected chi connectivity index (χ4v) is 6.05. The maximum atomic E-state index is 14.8. The zero-order valence-electron chi connectivity index (χ0n) is 21.2. The minimum Gasteiger partial charge on any atom is -0.480 e. The molecule has 0 heterocycles. The number of hydrogen-bond acceptors (Lipinski definition) is 2. The van der Waals surface area contributed by atoms with E-state index in [9.17, 15) is 14.7 Å². The van der Waals surface area contributed by atoms with Gasteiger partial charge in [0.1, 0.15) is 11.5 Å². The second-order valence-corrected chi connectivity index (χ2v) is 9.79. The van der Waals surface area contributed by atoms with Crippen LogP contribution in [0, 0.1) is 0 Å². The normalized spacial score (nSPS) is 13.2. The van der Waals surface area contributed by atoms with Crippen LogP contribution in [0.15, 0.2) is 140 Å². The first-order valence-corrected chi connectivity index (χ1v) is 13.0. The van der Waals surface area contributed by atoms with Crippen molar-refractivity contribution >= 4 is 11.9 Å². The largest absolute Gasteiger partial charge is 0.480 e. The Morgan fingerprint density at radius 3 is 1.31 bits per heavy atom. The standard InChI is InChI=1S/C35H27NO3/c37-33(38)32(31-29-22-12-10-20-27(29)28-21-11-13-23-30(28)31)36-34(39)35(24-14-4-1-5-15-24,25-16-6-2-7-17-25)26-18-8-3-9-19-26/h1-23,31-32H,(H,36,39)(H,37,38)/t32-/m0/s1. The Morgan fingerprint density at radius 1 is 0.564 bits per heavy atom. The maximum Gasteiger partial charge on any atom is 0.327 e. The molecule has 0 saturated heterocycles. The molecule has 190 valence electrons. The van der Waals surface area contributed by atoms with E-state index in [0.29, 0.717) is 0 Å². The van der Waals surface area contributed by atoms with Crippen molar-refractivity contribution in [2.45, 2.75) is 17.4 Å². The maximum absolute atomic E-state index is 14.8. The summed E-state index contributed by atoms with van der Waals surface area (Å²) in [5, 5.41) is 13.6. The summed E-state index contributed by atoms with van der Waals surface area (Å²) in [6.45, 7) is 0. The van der Waals surface area contributed by atoms with E-state index in [4.69, 9.17) is 0 Å². The zero-order chi connectivity index (χ0) is 26.8. The van der Waals surface area contributed by atoms with Crippen LogP contribution in [-0.4, -0.2) is 23.0 Å². The lowest BCUT2D eigenvalue weighted by Gasteiger charge is -2.36. The van der Waals surface area contributed by atoms with Crippen molar-refractivity contribution in [3.8, 4) is 11.1 Å². The molecule has 0 unspecified atom stereocenters. The van der Waals surface area contributed by atoms with Crippen LogP contribution in [0.2, 0.25) is 0 Å². The van der Waals surface area contributed by atoms with Crippen molar-refractivity contribution in [2.75, 3.05) is 0 Å². The van der Waals surface area contributed by atoms with Crippen LogP contribution in [0.1, 0.15) is 33.7 Å². The molecule has 1 amide bonds. The topological polar surface area (TPSA) is 66.4 Å². The van der Waals surface area contributed by atoms with Crippen LogP contribution >= 0.6 is 0 Å². The van der Waals surface area contributed by atoms with Gasteiger partial charge in [0.15, 0.2) is 0 Å². The lowest BCUT2D eigenvalue weighted by molar-refractivity contribution is -0.142. The van der Waals surface area contributed by atoms with Gasteiger partial charge in [-0.1, -0.05) is 140 Å². The van der Waals surface area contributed by atoms with Gasteiger partial charge in [-0.05, 0) is 38.9 Å². The third-order valence-electron chi connectivity index (χ3n) is 7.73. The average Bonchev–Trinajstić information content (AvgIpc) is 3.32. The molecule has 1 atom stereocenters. The van der Waals surface area contributed by atoms with Gasteiger partial charge >= 0.3 is 5.97 Å². The molecule has 0 saturated carbocycles. The lowest BCUT2D eigenvalue weighted by Crippen LogP contribution is -2.53. The quantitative estimate of drug-likeness (QED) is 0.250. The van der Waals surface area contributed by atoms with Gasteiger partial charge < -0.3 is 10.4 Å². The molecule has 5 aromatic carbocycles. The summed E-state index contributed by atoms with van der Waals surface area (Å²) in [6, 6.07) is 43.2. The third-order valence-corrected chi connectivity index (χ3v) is 7.73. The highest BCUT2D eigenvalue weighted by molar-refractivity contribution is 5.99. The Kier molecular flexibility index (Phi) is 6.29. The third kappa shape index (κ3) is 4.02. The van der Waals surface area contributed by atoms with Gasteiger partial charge in [-0.2, -0.15) is 0 Å². The second-order valence-electron chi connectivity index (χ2n) is 9.79. The number of rotatable bonds is 7. The van der Waals surface area contributed by atoms with Crippen molar-refractivity contribution in [2.24, 2.45) is 0 Å². The van der Waals surface area contributed by atoms with Crippen molar-refractivity contribution in [3.63, 3.8) is 0 Å². The number of aliphatic carboxylic acids is 1. The number of carbonyl (C=O) groups excluding carboxylic acids is 1. The monoisotopic (exact) mass is 509 g/mol. The molecule has 0 aliphatic heterocycles. The summed E-state index contributed by atoms with van der Waals surface area (Å²) >= 11 is 0. The molecule has 0 spiro atoms. The highest BCUT2D eigenvalue weighted by atomic mass is 16.4. The van der Waals surface area contributed by atoms with Crippen LogP contribution in [0.4, 0.5) is 0 Å². The molecular weight excluding hydrogens is 482 g/mol. The van der Waals surface area contributed by atoms with Gasteiger partial charge in [-0.3, -0.25) is 4.79 Å². The number of carboxylic acid groups (broad SMARTS) is 1. The van der Waals surface area contributed by atoms with Crippen LogP contribution < -0.4 is 5.32 Å². The number of amides is 1. The summed E-state index contributed by atoms with van der Waals surface area (Å²) in [5.74, 6) is -2.00. The molecule has 4 heteroatoms. The number of carbonyl (C=O) groups is 2. The summed E-state index contributed by atoms with van der Waals surface area (Å²) in [6.07, 6.45) is 0. The molecular formula is C35H27NO3. The highest BCUT2D eigenvalue weighted by Crippen LogP contribution is 2.47. The Bertz CT molecular complexity index is 1490. The number of hydrogen-bond donors (Lipinski definition) is 2.